The number of rotatable bonds is 2. The molecule has 1 aromatic rings. The van der Waals surface area contributed by atoms with E-state index in [9.17, 15) is 5.11 Å². The van der Waals surface area contributed by atoms with Crippen LogP contribution in [0.25, 0.3) is 0 Å². The van der Waals surface area contributed by atoms with Gasteiger partial charge in [0.1, 0.15) is 0 Å². The van der Waals surface area contributed by atoms with Crippen molar-refractivity contribution >= 4 is 27.7 Å². The minimum Gasteiger partial charge on any atom is -0.503 e. The molecule has 88 valence electrons. The van der Waals surface area contributed by atoms with Crippen molar-refractivity contribution in [3.05, 3.63) is 22.2 Å². The predicted octanol–water partition coefficient (Wildman–Crippen LogP) is 2.89. The van der Waals surface area contributed by atoms with E-state index in [-0.39, 0.29) is 11.1 Å². The van der Waals surface area contributed by atoms with Crippen molar-refractivity contribution in [2.45, 2.75) is 18.3 Å². The molecule has 2 rings (SSSR count). The number of ether oxygens (including phenoxy) is 1. The van der Waals surface area contributed by atoms with Gasteiger partial charge in [0.05, 0.1) is 17.0 Å². The van der Waals surface area contributed by atoms with Gasteiger partial charge in [0.25, 0.3) is 0 Å². The van der Waals surface area contributed by atoms with Crippen molar-refractivity contribution < 1.29 is 9.84 Å². The highest BCUT2D eigenvalue weighted by Gasteiger charge is 2.24. The Kier molecular flexibility index (Phi) is 3.66. The summed E-state index contributed by atoms with van der Waals surface area (Å²) in [6.45, 7) is 2.17. The van der Waals surface area contributed by atoms with Gasteiger partial charge in [0, 0.05) is 11.8 Å². The molecule has 0 radical (unpaired) electrons. The molecule has 0 amide bonds. The van der Waals surface area contributed by atoms with E-state index < -0.39 is 0 Å². The third-order valence-electron chi connectivity index (χ3n) is 2.52. The zero-order valence-corrected chi connectivity index (χ0v) is 11.6. The molecule has 1 aliphatic rings. The van der Waals surface area contributed by atoms with Crippen molar-refractivity contribution in [3.63, 3.8) is 0 Å². The molecule has 3 nitrogen and oxygen atoms in total. The fourth-order valence-corrected chi connectivity index (χ4v) is 3.38. The number of thioether (sulfide) groups is 1. The first-order valence-corrected chi connectivity index (χ1v) is 6.90. The number of phenolic OH excluding ortho intramolecular Hbond substituents is 1. The van der Waals surface area contributed by atoms with E-state index in [1.54, 1.807) is 7.11 Å². The Hall–Kier alpha value is -0.390. The summed E-state index contributed by atoms with van der Waals surface area (Å²) in [5, 5.41) is 13.5. The third-order valence-corrected chi connectivity index (χ3v) is 4.56. The largest absolute Gasteiger partial charge is 0.503 e. The normalized spacial score (nSPS) is 24.7. The number of nitrogens with one attached hydrogen (secondary N) is 1. The fraction of sp³-hybridized carbons (Fsp3) is 0.455. The monoisotopic (exact) mass is 303 g/mol. The topological polar surface area (TPSA) is 41.5 Å². The number of halogens is 1. The van der Waals surface area contributed by atoms with Crippen LogP contribution >= 0.6 is 27.7 Å². The smallest absolute Gasteiger partial charge is 0.172 e. The molecule has 5 heteroatoms. The number of hydrogen-bond acceptors (Lipinski definition) is 4. The molecule has 1 aromatic carbocycles. The molecular formula is C11H14BrNO2S. The Bertz CT molecular complexity index is 400. The summed E-state index contributed by atoms with van der Waals surface area (Å²) < 4.78 is 5.81. The molecule has 1 fully saturated rings. The van der Waals surface area contributed by atoms with E-state index in [1.807, 2.05) is 23.9 Å². The van der Waals surface area contributed by atoms with Gasteiger partial charge < -0.3 is 9.84 Å². The number of benzene rings is 1. The van der Waals surface area contributed by atoms with E-state index in [2.05, 4.69) is 28.2 Å². The number of methoxy groups -OCH3 is 1. The number of hydrogen-bond donors (Lipinski definition) is 2. The summed E-state index contributed by atoms with van der Waals surface area (Å²) in [4.78, 5) is 0. The third kappa shape index (κ3) is 2.31. The van der Waals surface area contributed by atoms with Crippen LogP contribution in [0.5, 0.6) is 11.5 Å². The Labute approximate surface area is 108 Å². The highest BCUT2D eigenvalue weighted by Crippen LogP contribution is 2.41. The maximum atomic E-state index is 9.72. The summed E-state index contributed by atoms with van der Waals surface area (Å²) in [7, 11) is 1.56. The van der Waals surface area contributed by atoms with Crippen LogP contribution in [0.15, 0.2) is 16.6 Å². The second kappa shape index (κ2) is 4.85. The Morgan fingerprint density at radius 1 is 1.56 bits per heavy atom. The lowest BCUT2D eigenvalue weighted by Gasteiger charge is -2.14. The summed E-state index contributed by atoms with van der Waals surface area (Å²) in [6, 6.07) is 4.33. The maximum Gasteiger partial charge on any atom is 0.172 e. The van der Waals surface area contributed by atoms with Crippen LogP contribution in [0, 0.1) is 0 Å². The van der Waals surface area contributed by atoms with Crippen LogP contribution in [-0.4, -0.2) is 24.0 Å². The van der Waals surface area contributed by atoms with Crippen LogP contribution < -0.4 is 10.1 Å². The van der Waals surface area contributed by atoms with Crippen molar-refractivity contribution in [3.8, 4) is 11.5 Å². The molecule has 2 unspecified atom stereocenters. The lowest BCUT2D eigenvalue weighted by atomic mass is 10.2. The van der Waals surface area contributed by atoms with Gasteiger partial charge in [-0.3, -0.25) is 5.32 Å². The van der Waals surface area contributed by atoms with E-state index in [1.165, 1.54) is 0 Å². The van der Waals surface area contributed by atoms with Crippen molar-refractivity contribution in [1.82, 2.24) is 5.32 Å². The van der Waals surface area contributed by atoms with E-state index in [0.29, 0.717) is 16.3 Å². The molecule has 1 heterocycles. The minimum atomic E-state index is 0.155. The summed E-state index contributed by atoms with van der Waals surface area (Å²) in [5.41, 5.74) is 1.12. The summed E-state index contributed by atoms with van der Waals surface area (Å²) in [5.74, 6) is 1.76. The highest BCUT2D eigenvalue weighted by molar-refractivity contribution is 9.10. The standard InChI is InChI=1S/C11H14BrNO2S/c1-6-5-16-11(13-6)7-3-8(12)10(14)9(4-7)15-2/h3-4,6,11,13-14H,5H2,1-2H3. The van der Waals surface area contributed by atoms with E-state index >= 15 is 0 Å². The summed E-state index contributed by atoms with van der Waals surface area (Å²) in [6.07, 6.45) is 0. The molecule has 1 saturated heterocycles. The van der Waals surface area contributed by atoms with Crippen LogP contribution in [0.3, 0.4) is 0 Å². The van der Waals surface area contributed by atoms with E-state index in [0.717, 1.165) is 11.3 Å². The van der Waals surface area contributed by atoms with Crippen molar-refractivity contribution in [2.75, 3.05) is 12.9 Å². The minimum absolute atomic E-state index is 0.155. The first-order chi connectivity index (χ1) is 7.61. The average molecular weight is 304 g/mol. The second-order valence-corrected chi connectivity index (χ2v) is 5.83. The van der Waals surface area contributed by atoms with Crippen LogP contribution in [-0.2, 0) is 0 Å². The molecule has 1 aliphatic heterocycles. The van der Waals surface area contributed by atoms with Gasteiger partial charge in [-0.2, -0.15) is 0 Å². The van der Waals surface area contributed by atoms with Gasteiger partial charge in [-0.05, 0) is 40.5 Å². The molecule has 2 N–H and O–H groups in total. The average Bonchev–Trinajstić information content (AvgIpc) is 2.69. The van der Waals surface area contributed by atoms with Crippen molar-refractivity contribution in [1.29, 1.82) is 0 Å². The van der Waals surface area contributed by atoms with Gasteiger partial charge in [-0.25, -0.2) is 0 Å². The SMILES string of the molecule is COc1cc(C2NC(C)CS2)cc(Br)c1O. The Balaban J connectivity index is 2.31. The lowest BCUT2D eigenvalue weighted by Crippen LogP contribution is -2.21. The van der Waals surface area contributed by atoms with Crippen LogP contribution in [0.1, 0.15) is 17.9 Å². The molecular weight excluding hydrogens is 290 g/mol. The fourth-order valence-electron chi connectivity index (χ4n) is 1.69. The molecule has 2 atom stereocenters. The molecule has 0 spiro atoms. The molecule has 16 heavy (non-hydrogen) atoms. The molecule has 0 aliphatic carbocycles. The Morgan fingerprint density at radius 2 is 2.31 bits per heavy atom. The number of phenols is 1. The molecule has 0 saturated carbocycles. The summed E-state index contributed by atoms with van der Waals surface area (Å²) >= 11 is 5.20. The zero-order chi connectivity index (χ0) is 11.7. The number of aromatic hydroxyl groups is 1. The van der Waals surface area contributed by atoms with Crippen molar-refractivity contribution in [2.24, 2.45) is 0 Å². The van der Waals surface area contributed by atoms with Crippen LogP contribution in [0.4, 0.5) is 0 Å². The van der Waals surface area contributed by atoms with Gasteiger partial charge >= 0.3 is 0 Å². The lowest BCUT2D eigenvalue weighted by molar-refractivity contribution is 0.371. The van der Waals surface area contributed by atoms with Gasteiger partial charge in [-0.15, -0.1) is 11.8 Å². The van der Waals surface area contributed by atoms with Gasteiger partial charge in [0.2, 0.25) is 0 Å². The van der Waals surface area contributed by atoms with Gasteiger partial charge in [-0.1, -0.05) is 0 Å². The van der Waals surface area contributed by atoms with E-state index in [4.69, 9.17) is 4.74 Å². The maximum absolute atomic E-state index is 9.72. The molecule has 0 aromatic heterocycles. The first kappa shape index (κ1) is 12.1. The quantitative estimate of drug-likeness (QED) is 0.881. The highest BCUT2D eigenvalue weighted by atomic mass is 79.9. The zero-order valence-electron chi connectivity index (χ0n) is 9.16. The van der Waals surface area contributed by atoms with Crippen LogP contribution in [0.2, 0.25) is 0 Å². The first-order valence-electron chi connectivity index (χ1n) is 5.06. The predicted molar refractivity (Wildman–Crippen MR) is 70.2 cm³/mol. The Morgan fingerprint density at radius 3 is 2.88 bits per heavy atom. The second-order valence-electron chi connectivity index (χ2n) is 3.83. The molecule has 0 bridgehead atoms. The van der Waals surface area contributed by atoms with Gasteiger partial charge in [0.15, 0.2) is 11.5 Å².